The van der Waals surface area contributed by atoms with Crippen LogP contribution in [-0.2, 0) is 13.7 Å². The minimum atomic E-state index is -0.987. The number of aromatic carboxylic acids is 1. The molecule has 0 aliphatic rings. The van der Waals surface area contributed by atoms with E-state index in [1.165, 1.54) is 12.1 Å². The number of hydrogen-bond acceptors (Lipinski definition) is 4. The average Bonchev–Trinajstić information content (AvgIpc) is 3.04. The predicted octanol–water partition coefficient (Wildman–Crippen LogP) is 4.95. The third-order valence-corrected chi connectivity index (χ3v) is 4.72. The zero-order valence-electron chi connectivity index (χ0n) is 16.1. The molecule has 0 saturated heterocycles. The first-order valence-corrected chi connectivity index (χ1v) is 9.16. The summed E-state index contributed by atoms with van der Waals surface area (Å²) in [6, 6.07) is 20.0. The van der Waals surface area contributed by atoms with Gasteiger partial charge in [0.2, 0.25) is 0 Å². The van der Waals surface area contributed by atoms with Gasteiger partial charge >= 0.3 is 5.97 Å². The average molecular weight is 388 g/mol. The van der Waals surface area contributed by atoms with Crippen molar-refractivity contribution >= 4 is 17.0 Å². The Hall–Kier alpha value is -3.80. The van der Waals surface area contributed by atoms with E-state index in [4.69, 9.17) is 14.6 Å². The summed E-state index contributed by atoms with van der Waals surface area (Å²) in [6.45, 7) is 2.23. The van der Waals surface area contributed by atoms with E-state index in [2.05, 4.69) is 4.98 Å². The van der Waals surface area contributed by atoms with Gasteiger partial charge in [0.15, 0.2) is 0 Å². The number of aromatic nitrogens is 2. The Kier molecular flexibility index (Phi) is 4.91. The van der Waals surface area contributed by atoms with Crippen LogP contribution in [0.25, 0.3) is 11.0 Å². The highest BCUT2D eigenvalue weighted by molar-refractivity contribution is 5.88. The number of carboxylic acids is 1. The van der Waals surface area contributed by atoms with Gasteiger partial charge in [-0.15, -0.1) is 0 Å². The molecule has 4 rings (SSSR count). The number of aryl methyl sites for hydroxylation is 2. The van der Waals surface area contributed by atoms with Crippen molar-refractivity contribution in [1.82, 2.24) is 9.55 Å². The topological polar surface area (TPSA) is 73.6 Å². The summed E-state index contributed by atoms with van der Waals surface area (Å²) in [5.41, 5.74) is 3.01. The molecule has 29 heavy (non-hydrogen) atoms. The number of rotatable bonds is 6. The molecule has 0 atom stereocenters. The zero-order chi connectivity index (χ0) is 20.4. The fraction of sp³-hybridized carbons (Fsp3) is 0.130. The van der Waals surface area contributed by atoms with Gasteiger partial charge in [0.1, 0.15) is 29.7 Å². The quantitative estimate of drug-likeness (QED) is 0.506. The molecule has 0 unspecified atom stereocenters. The number of hydrogen-bond donors (Lipinski definition) is 1. The van der Waals surface area contributed by atoms with Gasteiger partial charge in [-0.05, 0) is 48.9 Å². The summed E-state index contributed by atoms with van der Waals surface area (Å²) >= 11 is 0. The molecule has 0 saturated carbocycles. The molecule has 0 bridgehead atoms. The summed E-state index contributed by atoms with van der Waals surface area (Å²) in [4.78, 5) is 15.7. The number of carboxylic acid groups (broad SMARTS) is 1. The van der Waals surface area contributed by atoms with Crippen molar-refractivity contribution in [2.24, 2.45) is 7.05 Å². The first-order valence-electron chi connectivity index (χ1n) is 9.16. The molecule has 0 radical (unpaired) electrons. The fourth-order valence-electron chi connectivity index (χ4n) is 3.08. The Morgan fingerprint density at radius 1 is 1.03 bits per heavy atom. The Bertz CT molecular complexity index is 1200. The molecular formula is C23H20N2O4. The Morgan fingerprint density at radius 3 is 2.66 bits per heavy atom. The van der Waals surface area contributed by atoms with Gasteiger partial charge in [0, 0.05) is 13.1 Å². The molecule has 6 nitrogen and oxygen atoms in total. The van der Waals surface area contributed by atoms with Gasteiger partial charge in [-0.2, -0.15) is 0 Å². The molecule has 1 N–H and O–H groups in total. The molecule has 0 aliphatic heterocycles. The van der Waals surface area contributed by atoms with Gasteiger partial charge in [0.05, 0.1) is 16.6 Å². The fourth-order valence-corrected chi connectivity index (χ4v) is 3.08. The first kappa shape index (κ1) is 18.6. The maximum atomic E-state index is 11.1. The van der Waals surface area contributed by atoms with Crippen LogP contribution in [0.15, 0.2) is 66.7 Å². The highest BCUT2D eigenvalue weighted by Crippen LogP contribution is 2.28. The van der Waals surface area contributed by atoms with Crippen molar-refractivity contribution in [2.45, 2.75) is 13.5 Å². The monoisotopic (exact) mass is 388 g/mol. The third-order valence-electron chi connectivity index (χ3n) is 4.72. The molecule has 146 valence electrons. The van der Waals surface area contributed by atoms with Gasteiger partial charge in [-0.25, -0.2) is 9.78 Å². The third kappa shape index (κ3) is 3.91. The van der Waals surface area contributed by atoms with Crippen LogP contribution in [0, 0.1) is 6.92 Å². The van der Waals surface area contributed by atoms with Crippen LogP contribution in [-0.4, -0.2) is 20.6 Å². The van der Waals surface area contributed by atoms with E-state index in [1.807, 2.05) is 61.0 Å². The number of imidazole rings is 1. The Labute approximate surface area is 168 Å². The molecule has 0 aliphatic carbocycles. The minimum Gasteiger partial charge on any atom is -0.486 e. The number of fused-ring (bicyclic) bond motifs is 1. The summed E-state index contributed by atoms with van der Waals surface area (Å²) in [5.74, 6) is 1.78. The second-order valence-corrected chi connectivity index (χ2v) is 6.73. The molecule has 0 spiro atoms. The number of carbonyl (C=O) groups is 1. The number of ether oxygens (including phenoxy) is 2. The van der Waals surface area contributed by atoms with Crippen molar-refractivity contribution in [1.29, 1.82) is 0 Å². The molecule has 1 heterocycles. The highest BCUT2D eigenvalue weighted by Gasteiger charge is 2.11. The minimum absolute atomic E-state index is 0.186. The second-order valence-electron chi connectivity index (χ2n) is 6.73. The van der Waals surface area contributed by atoms with Crippen LogP contribution in [0.1, 0.15) is 21.7 Å². The van der Waals surface area contributed by atoms with E-state index in [-0.39, 0.29) is 12.2 Å². The first-order chi connectivity index (χ1) is 14.0. The Balaban J connectivity index is 1.55. The van der Waals surface area contributed by atoms with E-state index in [9.17, 15) is 4.79 Å². The molecular weight excluding hydrogens is 368 g/mol. The molecule has 4 aromatic rings. The number of benzene rings is 3. The smallest absolute Gasteiger partial charge is 0.335 e. The molecule has 0 amide bonds. The van der Waals surface area contributed by atoms with Crippen molar-refractivity contribution in [3.8, 4) is 17.2 Å². The maximum absolute atomic E-state index is 11.1. The molecule has 1 aromatic heterocycles. The van der Waals surface area contributed by atoms with Gasteiger partial charge in [0.25, 0.3) is 0 Å². The molecule has 0 fully saturated rings. The van der Waals surface area contributed by atoms with Crippen LogP contribution in [0.4, 0.5) is 0 Å². The molecule has 3 aromatic carbocycles. The van der Waals surface area contributed by atoms with Gasteiger partial charge in [-0.1, -0.05) is 24.3 Å². The van der Waals surface area contributed by atoms with Crippen molar-refractivity contribution in [3.63, 3.8) is 0 Å². The van der Waals surface area contributed by atoms with Crippen molar-refractivity contribution in [3.05, 3.63) is 83.7 Å². The van der Waals surface area contributed by atoms with Crippen LogP contribution in [0.2, 0.25) is 0 Å². The van der Waals surface area contributed by atoms with E-state index >= 15 is 0 Å². The van der Waals surface area contributed by atoms with E-state index in [1.54, 1.807) is 12.1 Å². The normalized spacial score (nSPS) is 10.8. The SMILES string of the molecule is Cc1ccccc1Oc1ccc2nc(COc3cccc(C(=O)O)c3)n(C)c2c1. The molecule has 6 heteroatoms. The lowest BCUT2D eigenvalue weighted by Crippen LogP contribution is -2.04. The lowest BCUT2D eigenvalue weighted by Gasteiger charge is -2.09. The highest BCUT2D eigenvalue weighted by atomic mass is 16.5. The largest absolute Gasteiger partial charge is 0.486 e. The summed E-state index contributed by atoms with van der Waals surface area (Å²) in [6.07, 6.45) is 0. The predicted molar refractivity (Wildman–Crippen MR) is 110 cm³/mol. The maximum Gasteiger partial charge on any atom is 0.335 e. The Morgan fingerprint density at radius 2 is 1.86 bits per heavy atom. The van der Waals surface area contributed by atoms with Crippen LogP contribution in [0.3, 0.4) is 0 Å². The zero-order valence-corrected chi connectivity index (χ0v) is 16.1. The van der Waals surface area contributed by atoms with Crippen LogP contribution in [0.5, 0.6) is 17.2 Å². The summed E-state index contributed by atoms with van der Waals surface area (Å²) in [5, 5.41) is 9.10. The van der Waals surface area contributed by atoms with Crippen LogP contribution < -0.4 is 9.47 Å². The number of nitrogens with zero attached hydrogens (tertiary/aromatic N) is 2. The second kappa shape index (κ2) is 7.67. The van der Waals surface area contributed by atoms with E-state index < -0.39 is 5.97 Å². The summed E-state index contributed by atoms with van der Waals surface area (Å²) in [7, 11) is 1.92. The summed E-state index contributed by atoms with van der Waals surface area (Å²) < 4.78 is 13.7. The lowest BCUT2D eigenvalue weighted by atomic mass is 10.2. The van der Waals surface area contributed by atoms with Gasteiger partial charge < -0.3 is 19.1 Å². The number of para-hydroxylation sites is 1. The standard InChI is InChI=1S/C23H20N2O4/c1-15-6-3-4-9-21(15)29-18-10-11-19-20(13-18)25(2)22(24-19)14-28-17-8-5-7-16(12-17)23(26)27/h3-13H,14H2,1-2H3,(H,26,27). The lowest BCUT2D eigenvalue weighted by molar-refractivity contribution is 0.0696. The van der Waals surface area contributed by atoms with Crippen LogP contribution >= 0.6 is 0 Å². The van der Waals surface area contributed by atoms with Crippen molar-refractivity contribution < 1.29 is 19.4 Å². The van der Waals surface area contributed by atoms with E-state index in [0.717, 1.165) is 33.9 Å². The van der Waals surface area contributed by atoms with Gasteiger partial charge in [-0.3, -0.25) is 0 Å². The van der Waals surface area contributed by atoms with E-state index in [0.29, 0.717) is 5.75 Å². The van der Waals surface area contributed by atoms with Crippen molar-refractivity contribution in [2.75, 3.05) is 0 Å².